The van der Waals surface area contributed by atoms with Gasteiger partial charge in [-0.1, -0.05) is 31.5 Å². The lowest BCUT2D eigenvalue weighted by Gasteiger charge is -2.19. The van der Waals surface area contributed by atoms with Crippen molar-refractivity contribution in [1.29, 1.82) is 0 Å². The van der Waals surface area contributed by atoms with Gasteiger partial charge in [0.05, 0.1) is 23.1 Å². The normalized spacial score (nSPS) is 22.6. The van der Waals surface area contributed by atoms with Crippen LogP contribution in [0.3, 0.4) is 0 Å². The molecule has 0 unspecified atom stereocenters. The summed E-state index contributed by atoms with van der Waals surface area (Å²) < 4.78 is 1.85. The number of halogens is 1. The second-order valence-electron chi connectivity index (χ2n) is 7.38. The van der Waals surface area contributed by atoms with Gasteiger partial charge in [-0.25, -0.2) is 4.68 Å². The van der Waals surface area contributed by atoms with Crippen LogP contribution in [0.2, 0.25) is 5.02 Å². The van der Waals surface area contributed by atoms with Crippen LogP contribution in [0.25, 0.3) is 5.69 Å². The summed E-state index contributed by atoms with van der Waals surface area (Å²) in [6.07, 6.45) is 1.71. The molecule has 1 N–H and O–H groups in total. The molecular formula is C19H23ClN4O. The third-order valence-electron chi connectivity index (χ3n) is 5.31. The van der Waals surface area contributed by atoms with E-state index in [1.54, 1.807) is 6.20 Å². The summed E-state index contributed by atoms with van der Waals surface area (Å²) in [5.74, 6) is 1.47. The predicted octanol–water partition coefficient (Wildman–Crippen LogP) is 2.94. The van der Waals surface area contributed by atoms with Gasteiger partial charge < -0.3 is 10.2 Å². The highest BCUT2D eigenvalue weighted by Gasteiger charge is 2.39. The Morgan fingerprint density at radius 3 is 2.64 bits per heavy atom. The molecule has 3 heterocycles. The van der Waals surface area contributed by atoms with E-state index in [0.717, 1.165) is 37.6 Å². The standard InChI is InChI=1S/C19H23ClN4O/c1-12(2)18-17(9-22-24(18)16-5-3-4-15(20)6-16)19(25)23-10-13-7-21-8-14(13)11-23/h3-6,9,12-14,21H,7-8,10-11H2,1-2H3/t13-,14+. The number of benzene rings is 1. The maximum absolute atomic E-state index is 13.1. The molecule has 0 radical (unpaired) electrons. The number of hydrogen-bond donors (Lipinski definition) is 1. The Hall–Kier alpha value is -1.85. The van der Waals surface area contributed by atoms with Crippen LogP contribution in [0, 0.1) is 11.8 Å². The smallest absolute Gasteiger partial charge is 0.257 e. The largest absolute Gasteiger partial charge is 0.338 e. The molecular weight excluding hydrogens is 336 g/mol. The van der Waals surface area contributed by atoms with Crippen molar-refractivity contribution in [3.63, 3.8) is 0 Å². The first-order chi connectivity index (χ1) is 12.0. The highest BCUT2D eigenvalue weighted by molar-refractivity contribution is 6.30. The van der Waals surface area contributed by atoms with Crippen molar-refractivity contribution in [3.05, 3.63) is 46.7 Å². The molecule has 2 atom stereocenters. The van der Waals surface area contributed by atoms with E-state index < -0.39 is 0 Å². The number of nitrogens with one attached hydrogen (secondary N) is 1. The van der Waals surface area contributed by atoms with Gasteiger partial charge >= 0.3 is 0 Å². The number of nitrogens with zero attached hydrogens (tertiary/aromatic N) is 3. The number of carbonyl (C=O) groups is 1. The van der Waals surface area contributed by atoms with Gasteiger partial charge in [-0.2, -0.15) is 5.10 Å². The van der Waals surface area contributed by atoms with Crippen molar-refractivity contribution < 1.29 is 4.79 Å². The summed E-state index contributed by atoms with van der Waals surface area (Å²) in [6, 6.07) is 7.58. The average molecular weight is 359 g/mol. The summed E-state index contributed by atoms with van der Waals surface area (Å²) >= 11 is 6.13. The van der Waals surface area contributed by atoms with Crippen LogP contribution in [0.4, 0.5) is 0 Å². The minimum Gasteiger partial charge on any atom is -0.338 e. The lowest BCUT2D eigenvalue weighted by atomic mass is 10.0. The summed E-state index contributed by atoms with van der Waals surface area (Å²) in [4.78, 5) is 15.1. The quantitative estimate of drug-likeness (QED) is 0.917. The van der Waals surface area contributed by atoms with E-state index in [-0.39, 0.29) is 11.8 Å². The Kier molecular flexibility index (Phi) is 4.29. The number of aromatic nitrogens is 2. The van der Waals surface area contributed by atoms with Crippen molar-refractivity contribution in [3.8, 4) is 5.69 Å². The fraction of sp³-hybridized carbons (Fsp3) is 0.474. The molecule has 132 valence electrons. The van der Waals surface area contributed by atoms with Crippen LogP contribution in [0.15, 0.2) is 30.5 Å². The number of carbonyl (C=O) groups excluding carboxylic acids is 1. The third kappa shape index (κ3) is 2.96. The van der Waals surface area contributed by atoms with Gasteiger partial charge in [0.25, 0.3) is 5.91 Å². The minimum absolute atomic E-state index is 0.103. The molecule has 4 rings (SSSR count). The summed E-state index contributed by atoms with van der Waals surface area (Å²) in [7, 11) is 0. The Morgan fingerprint density at radius 2 is 2.00 bits per heavy atom. The van der Waals surface area contributed by atoms with E-state index in [1.165, 1.54) is 0 Å². The van der Waals surface area contributed by atoms with Crippen molar-refractivity contribution in [2.24, 2.45) is 11.8 Å². The van der Waals surface area contributed by atoms with Gasteiger partial charge in [-0.05, 0) is 36.0 Å². The fourth-order valence-electron chi connectivity index (χ4n) is 4.08. The van der Waals surface area contributed by atoms with E-state index in [9.17, 15) is 4.79 Å². The average Bonchev–Trinajstić information content (AvgIpc) is 3.27. The first kappa shape index (κ1) is 16.6. The van der Waals surface area contributed by atoms with E-state index in [4.69, 9.17) is 11.6 Å². The minimum atomic E-state index is 0.103. The molecule has 0 aliphatic carbocycles. The van der Waals surface area contributed by atoms with Crippen LogP contribution >= 0.6 is 11.6 Å². The van der Waals surface area contributed by atoms with Crippen LogP contribution in [0.1, 0.15) is 35.8 Å². The number of hydrogen-bond acceptors (Lipinski definition) is 3. The highest BCUT2D eigenvalue weighted by atomic mass is 35.5. The van der Waals surface area contributed by atoms with E-state index in [0.29, 0.717) is 22.4 Å². The van der Waals surface area contributed by atoms with Gasteiger partial charge in [-0.15, -0.1) is 0 Å². The maximum Gasteiger partial charge on any atom is 0.257 e. The van der Waals surface area contributed by atoms with E-state index >= 15 is 0 Å². The van der Waals surface area contributed by atoms with Crippen molar-refractivity contribution in [2.75, 3.05) is 26.2 Å². The Balaban J connectivity index is 1.67. The number of rotatable bonds is 3. The molecule has 0 spiro atoms. The zero-order chi connectivity index (χ0) is 17.6. The van der Waals surface area contributed by atoms with Crippen molar-refractivity contribution >= 4 is 17.5 Å². The van der Waals surface area contributed by atoms with Crippen molar-refractivity contribution in [2.45, 2.75) is 19.8 Å². The van der Waals surface area contributed by atoms with Crippen LogP contribution in [-0.2, 0) is 0 Å². The van der Waals surface area contributed by atoms with Gasteiger partial charge in [-0.3, -0.25) is 4.79 Å². The van der Waals surface area contributed by atoms with Crippen LogP contribution in [0.5, 0.6) is 0 Å². The zero-order valence-corrected chi connectivity index (χ0v) is 15.3. The first-order valence-electron chi connectivity index (χ1n) is 8.88. The Labute approximate surface area is 153 Å². The molecule has 2 aliphatic heterocycles. The monoisotopic (exact) mass is 358 g/mol. The molecule has 5 nitrogen and oxygen atoms in total. The summed E-state index contributed by atoms with van der Waals surface area (Å²) in [5.41, 5.74) is 2.54. The molecule has 6 heteroatoms. The molecule has 2 aromatic rings. The van der Waals surface area contributed by atoms with E-state index in [2.05, 4.69) is 24.3 Å². The summed E-state index contributed by atoms with van der Waals surface area (Å²) in [6.45, 7) is 7.92. The second-order valence-corrected chi connectivity index (χ2v) is 7.81. The Morgan fingerprint density at radius 1 is 1.28 bits per heavy atom. The molecule has 0 bridgehead atoms. The lowest BCUT2D eigenvalue weighted by molar-refractivity contribution is 0.0780. The molecule has 25 heavy (non-hydrogen) atoms. The van der Waals surface area contributed by atoms with Gasteiger partial charge in [0.15, 0.2) is 0 Å². The zero-order valence-electron chi connectivity index (χ0n) is 14.6. The van der Waals surface area contributed by atoms with Crippen LogP contribution in [-0.4, -0.2) is 46.8 Å². The van der Waals surface area contributed by atoms with E-state index in [1.807, 2.05) is 33.8 Å². The summed E-state index contributed by atoms with van der Waals surface area (Å²) in [5, 5.41) is 8.59. The van der Waals surface area contributed by atoms with Gasteiger partial charge in [0.1, 0.15) is 0 Å². The third-order valence-corrected chi connectivity index (χ3v) is 5.55. The fourth-order valence-corrected chi connectivity index (χ4v) is 4.27. The molecule has 1 aromatic carbocycles. The molecule has 0 saturated carbocycles. The van der Waals surface area contributed by atoms with Gasteiger partial charge in [0, 0.05) is 31.2 Å². The highest BCUT2D eigenvalue weighted by Crippen LogP contribution is 2.30. The molecule has 2 saturated heterocycles. The predicted molar refractivity (Wildman–Crippen MR) is 98.4 cm³/mol. The molecule has 1 amide bonds. The molecule has 1 aromatic heterocycles. The maximum atomic E-state index is 13.1. The lowest BCUT2D eigenvalue weighted by Crippen LogP contribution is -2.32. The van der Waals surface area contributed by atoms with Crippen molar-refractivity contribution in [1.82, 2.24) is 20.0 Å². The van der Waals surface area contributed by atoms with Gasteiger partial charge in [0.2, 0.25) is 0 Å². The SMILES string of the molecule is CC(C)c1c(C(=O)N2C[C@H]3CNC[C@H]3C2)cnn1-c1cccc(Cl)c1. The topological polar surface area (TPSA) is 50.2 Å². The second kappa shape index (κ2) is 6.46. The Bertz CT molecular complexity index is 788. The van der Waals surface area contributed by atoms with Crippen LogP contribution < -0.4 is 5.32 Å². The first-order valence-corrected chi connectivity index (χ1v) is 9.26. The molecule has 2 fully saturated rings. The number of likely N-dealkylation sites (tertiary alicyclic amines) is 1. The molecule has 2 aliphatic rings. The number of fused-ring (bicyclic) bond motifs is 1. The number of amides is 1.